The minimum Gasteiger partial charge on any atom is -0.493 e. The number of anilines is 1. The highest BCUT2D eigenvalue weighted by Gasteiger charge is 2.12. The molecule has 0 aliphatic heterocycles. The number of hydrogen-bond donors (Lipinski definition) is 2. The van der Waals surface area contributed by atoms with Crippen LogP contribution in [0.15, 0.2) is 12.1 Å². The summed E-state index contributed by atoms with van der Waals surface area (Å²) in [6, 6.07) is 3.59. The molecule has 19 heavy (non-hydrogen) atoms. The Kier molecular flexibility index (Phi) is 5.78. The van der Waals surface area contributed by atoms with E-state index in [9.17, 15) is 4.79 Å². The van der Waals surface area contributed by atoms with Crippen molar-refractivity contribution in [3.05, 3.63) is 12.1 Å². The highest BCUT2D eigenvalue weighted by molar-refractivity contribution is 5.76. The van der Waals surface area contributed by atoms with Crippen LogP contribution in [0.1, 0.15) is 6.42 Å². The van der Waals surface area contributed by atoms with Gasteiger partial charge in [-0.2, -0.15) is 0 Å². The van der Waals surface area contributed by atoms with Gasteiger partial charge in [0, 0.05) is 37.8 Å². The average molecular weight is 268 g/mol. The van der Waals surface area contributed by atoms with E-state index >= 15 is 0 Å². The maximum Gasteiger partial charge on any atom is 0.221 e. The zero-order chi connectivity index (χ0) is 14.3. The first kappa shape index (κ1) is 14.9. The fraction of sp³-hybridized carbons (Fsp3) is 0.462. The van der Waals surface area contributed by atoms with Crippen LogP contribution in [0.5, 0.6) is 17.2 Å². The summed E-state index contributed by atoms with van der Waals surface area (Å²) in [4.78, 5) is 11.1. The Bertz CT molecular complexity index is 410. The smallest absolute Gasteiger partial charge is 0.221 e. The van der Waals surface area contributed by atoms with Crippen molar-refractivity contribution in [2.24, 2.45) is 0 Å². The van der Waals surface area contributed by atoms with Gasteiger partial charge < -0.3 is 24.8 Å². The Morgan fingerprint density at radius 1 is 1.11 bits per heavy atom. The molecule has 6 nitrogen and oxygen atoms in total. The molecule has 0 radical (unpaired) electrons. The molecule has 0 saturated heterocycles. The minimum absolute atomic E-state index is 0.0139. The van der Waals surface area contributed by atoms with E-state index in [1.54, 1.807) is 40.5 Å². The lowest BCUT2D eigenvalue weighted by Crippen LogP contribution is -2.20. The minimum atomic E-state index is -0.0139. The Balaban J connectivity index is 2.81. The van der Waals surface area contributed by atoms with Crippen LogP contribution in [0.2, 0.25) is 0 Å². The first-order chi connectivity index (χ1) is 9.15. The lowest BCUT2D eigenvalue weighted by atomic mass is 10.2. The molecule has 0 saturated carbocycles. The summed E-state index contributed by atoms with van der Waals surface area (Å²) < 4.78 is 15.7. The molecule has 0 unspecified atom stereocenters. The maximum atomic E-state index is 11.1. The van der Waals surface area contributed by atoms with Gasteiger partial charge in [0.05, 0.1) is 21.3 Å². The molecule has 0 atom stereocenters. The second-order valence-corrected chi connectivity index (χ2v) is 3.76. The van der Waals surface area contributed by atoms with Crippen LogP contribution >= 0.6 is 0 Å². The van der Waals surface area contributed by atoms with Crippen molar-refractivity contribution in [2.45, 2.75) is 6.42 Å². The SMILES string of the molecule is CNC(=O)CCNc1cc(OC)c(OC)c(OC)c1. The van der Waals surface area contributed by atoms with Gasteiger partial charge >= 0.3 is 0 Å². The molecule has 0 heterocycles. The number of hydrogen-bond acceptors (Lipinski definition) is 5. The van der Waals surface area contributed by atoms with Crippen LogP contribution in [0.25, 0.3) is 0 Å². The fourth-order valence-electron chi connectivity index (χ4n) is 1.63. The maximum absolute atomic E-state index is 11.1. The highest BCUT2D eigenvalue weighted by atomic mass is 16.5. The summed E-state index contributed by atoms with van der Waals surface area (Å²) in [7, 11) is 6.29. The number of rotatable bonds is 7. The molecule has 106 valence electrons. The van der Waals surface area contributed by atoms with Gasteiger partial charge in [-0.05, 0) is 0 Å². The van der Waals surface area contributed by atoms with E-state index in [-0.39, 0.29) is 5.91 Å². The normalized spacial score (nSPS) is 9.68. The Morgan fingerprint density at radius 2 is 1.68 bits per heavy atom. The van der Waals surface area contributed by atoms with Gasteiger partial charge in [-0.25, -0.2) is 0 Å². The van der Waals surface area contributed by atoms with E-state index in [1.807, 2.05) is 0 Å². The van der Waals surface area contributed by atoms with E-state index < -0.39 is 0 Å². The quantitative estimate of drug-likeness (QED) is 0.779. The van der Waals surface area contributed by atoms with Crippen LogP contribution in [0.4, 0.5) is 5.69 Å². The van der Waals surface area contributed by atoms with Crippen molar-refractivity contribution in [1.82, 2.24) is 5.32 Å². The lowest BCUT2D eigenvalue weighted by molar-refractivity contribution is -0.120. The van der Waals surface area contributed by atoms with Crippen LogP contribution in [0.3, 0.4) is 0 Å². The number of carbonyl (C=O) groups is 1. The van der Waals surface area contributed by atoms with E-state index in [4.69, 9.17) is 14.2 Å². The highest BCUT2D eigenvalue weighted by Crippen LogP contribution is 2.39. The van der Waals surface area contributed by atoms with Crippen molar-refractivity contribution < 1.29 is 19.0 Å². The molecular formula is C13H20N2O4. The third kappa shape index (κ3) is 3.94. The number of amides is 1. The third-order valence-corrected chi connectivity index (χ3v) is 2.62. The van der Waals surface area contributed by atoms with Crippen molar-refractivity contribution in [2.75, 3.05) is 40.2 Å². The molecule has 1 rings (SSSR count). The number of carbonyl (C=O) groups excluding carboxylic acids is 1. The number of nitrogens with one attached hydrogen (secondary N) is 2. The molecule has 0 aliphatic carbocycles. The van der Waals surface area contributed by atoms with E-state index in [0.717, 1.165) is 5.69 Å². The molecule has 0 aromatic heterocycles. The zero-order valence-electron chi connectivity index (χ0n) is 11.7. The molecule has 2 N–H and O–H groups in total. The van der Waals surface area contributed by atoms with Crippen molar-refractivity contribution in [3.8, 4) is 17.2 Å². The van der Waals surface area contributed by atoms with Gasteiger partial charge in [0.25, 0.3) is 0 Å². The summed E-state index contributed by atoms with van der Waals surface area (Å²) in [6.45, 7) is 0.526. The van der Waals surface area contributed by atoms with Gasteiger partial charge in [-0.1, -0.05) is 0 Å². The van der Waals surface area contributed by atoms with E-state index in [1.165, 1.54) is 0 Å². The van der Waals surface area contributed by atoms with Crippen LogP contribution in [0, 0.1) is 0 Å². The Morgan fingerprint density at radius 3 is 2.11 bits per heavy atom. The first-order valence-electron chi connectivity index (χ1n) is 5.90. The fourth-order valence-corrected chi connectivity index (χ4v) is 1.63. The Hall–Kier alpha value is -2.11. The van der Waals surface area contributed by atoms with Crippen molar-refractivity contribution >= 4 is 11.6 Å². The third-order valence-electron chi connectivity index (χ3n) is 2.62. The first-order valence-corrected chi connectivity index (χ1v) is 5.90. The molecule has 6 heteroatoms. The summed E-state index contributed by atoms with van der Waals surface area (Å²) in [5, 5.41) is 5.70. The molecule has 0 aliphatic rings. The average Bonchev–Trinajstić information content (AvgIpc) is 2.45. The topological polar surface area (TPSA) is 68.8 Å². The second-order valence-electron chi connectivity index (χ2n) is 3.76. The van der Waals surface area contributed by atoms with Crippen LogP contribution in [-0.4, -0.2) is 40.8 Å². The van der Waals surface area contributed by atoms with E-state index in [2.05, 4.69) is 10.6 Å². The lowest BCUT2D eigenvalue weighted by Gasteiger charge is -2.15. The molecule has 0 spiro atoms. The molecule has 1 aromatic carbocycles. The summed E-state index contributed by atoms with van der Waals surface area (Å²) in [5.41, 5.74) is 0.804. The number of methoxy groups -OCH3 is 3. The van der Waals surface area contributed by atoms with Gasteiger partial charge in [-0.3, -0.25) is 4.79 Å². The summed E-state index contributed by atoms with van der Waals surface area (Å²) >= 11 is 0. The van der Waals surface area contributed by atoms with Gasteiger partial charge in [0.15, 0.2) is 11.5 Å². The predicted octanol–water partition coefficient (Wildman–Crippen LogP) is 1.26. The van der Waals surface area contributed by atoms with Gasteiger partial charge in [-0.15, -0.1) is 0 Å². The number of benzene rings is 1. The molecule has 0 bridgehead atoms. The zero-order valence-corrected chi connectivity index (χ0v) is 11.7. The van der Waals surface area contributed by atoms with E-state index in [0.29, 0.717) is 30.2 Å². The van der Waals surface area contributed by atoms with Crippen molar-refractivity contribution in [3.63, 3.8) is 0 Å². The molecule has 1 amide bonds. The largest absolute Gasteiger partial charge is 0.493 e. The second kappa shape index (κ2) is 7.35. The van der Waals surface area contributed by atoms with Crippen LogP contribution < -0.4 is 24.8 Å². The van der Waals surface area contributed by atoms with Gasteiger partial charge in [0.1, 0.15) is 0 Å². The number of ether oxygens (including phenoxy) is 3. The van der Waals surface area contributed by atoms with Crippen molar-refractivity contribution in [1.29, 1.82) is 0 Å². The summed E-state index contributed by atoms with van der Waals surface area (Å²) in [5.74, 6) is 1.68. The summed E-state index contributed by atoms with van der Waals surface area (Å²) in [6.07, 6.45) is 0.396. The standard InChI is InChI=1S/C13H20N2O4/c1-14-12(16)5-6-15-9-7-10(17-2)13(19-4)11(8-9)18-3/h7-8,15H,5-6H2,1-4H3,(H,14,16). The van der Waals surface area contributed by atoms with Crippen LogP contribution in [-0.2, 0) is 4.79 Å². The monoisotopic (exact) mass is 268 g/mol. The molecule has 1 aromatic rings. The predicted molar refractivity (Wildman–Crippen MR) is 73.3 cm³/mol. The Labute approximate surface area is 113 Å². The van der Waals surface area contributed by atoms with Gasteiger partial charge in [0.2, 0.25) is 11.7 Å². The molecule has 0 fully saturated rings. The molecular weight excluding hydrogens is 248 g/mol.